The monoisotopic (exact) mass is 485 g/mol. The van der Waals surface area contributed by atoms with Crippen LogP contribution in [0.15, 0.2) is 66.7 Å². The number of carbonyl (C=O) groups is 1. The van der Waals surface area contributed by atoms with Gasteiger partial charge in [-0.15, -0.1) is 0 Å². The summed E-state index contributed by atoms with van der Waals surface area (Å²) in [4.78, 5) is 15.5. The second kappa shape index (κ2) is 8.58. The molecule has 2 N–H and O–H groups in total. The Bertz CT molecular complexity index is 1400. The first-order valence-corrected chi connectivity index (χ1v) is 12.1. The minimum absolute atomic E-state index is 0.0180. The van der Waals surface area contributed by atoms with Crippen molar-refractivity contribution >= 4 is 17.5 Å². The molecule has 0 fully saturated rings. The highest BCUT2D eigenvalue weighted by Gasteiger charge is 2.42. The van der Waals surface area contributed by atoms with Crippen LogP contribution < -0.4 is 0 Å². The Morgan fingerprint density at radius 2 is 1.71 bits per heavy atom. The van der Waals surface area contributed by atoms with Crippen LogP contribution in [0.25, 0.3) is 11.3 Å². The van der Waals surface area contributed by atoms with E-state index in [4.69, 9.17) is 11.6 Å². The number of nitrogens with one attached hydrogen (secondary N) is 1. The number of H-pyrrole nitrogens is 1. The number of phenols is 1. The lowest BCUT2D eigenvalue weighted by atomic mass is 9.85. The smallest absolute Gasteiger partial charge is 0.273 e. The molecule has 2 heterocycles. The van der Waals surface area contributed by atoms with Gasteiger partial charge in [0.15, 0.2) is 0 Å². The molecular formula is C29H28ClN3O2. The van der Waals surface area contributed by atoms with Gasteiger partial charge in [-0.25, -0.2) is 0 Å². The first-order valence-electron chi connectivity index (χ1n) is 11.7. The van der Waals surface area contributed by atoms with Crippen LogP contribution in [0.3, 0.4) is 0 Å². The molecule has 3 aromatic carbocycles. The van der Waals surface area contributed by atoms with Gasteiger partial charge >= 0.3 is 0 Å². The van der Waals surface area contributed by atoms with Crippen LogP contribution in [0.5, 0.6) is 5.75 Å². The predicted octanol–water partition coefficient (Wildman–Crippen LogP) is 6.79. The molecule has 1 aliphatic heterocycles. The second-order valence-electron chi connectivity index (χ2n) is 10.2. The van der Waals surface area contributed by atoms with Gasteiger partial charge in [-0.3, -0.25) is 9.89 Å². The maximum Gasteiger partial charge on any atom is 0.273 e. The van der Waals surface area contributed by atoms with E-state index in [1.165, 1.54) is 11.1 Å². The van der Waals surface area contributed by atoms with Gasteiger partial charge in [-0.2, -0.15) is 5.10 Å². The topological polar surface area (TPSA) is 69.2 Å². The molecule has 5 nitrogen and oxygen atoms in total. The van der Waals surface area contributed by atoms with Gasteiger partial charge in [0.1, 0.15) is 17.1 Å². The molecule has 0 spiro atoms. The lowest BCUT2D eigenvalue weighted by molar-refractivity contribution is 0.0730. The Morgan fingerprint density at radius 1 is 1.03 bits per heavy atom. The fraction of sp³-hybridized carbons (Fsp3) is 0.241. The molecule has 0 bridgehead atoms. The van der Waals surface area contributed by atoms with Crippen LogP contribution in [-0.2, 0) is 12.0 Å². The van der Waals surface area contributed by atoms with Crippen molar-refractivity contribution in [1.82, 2.24) is 15.1 Å². The van der Waals surface area contributed by atoms with Crippen molar-refractivity contribution in [3.05, 3.63) is 105 Å². The van der Waals surface area contributed by atoms with E-state index in [-0.39, 0.29) is 23.1 Å². The average Bonchev–Trinajstić information content (AvgIpc) is 3.36. The minimum atomic E-state index is -0.361. The number of nitrogens with zero attached hydrogens (tertiary/aromatic N) is 2. The molecule has 1 amide bonds. The number of rotatable bonds is 4. The molecule has 1 unspecified atom stereocenters. The molecule has 0 saturated carbocycles. The summed E-state index contributed by atoms with van der Waals surface area (Å²) < 4.78 is 0. The SMILES string of the molecule is Cc1ccc(CN2C(=O)c3[nH]nc(-c4cc(Cl)ccc4O)c3C2c2ccc(C(C)(C)C)cc2)cc1. The molecular weight excluding hydrogens is 458 g/mol. The first-order chi connectivity index (χ1) is 16.6. The summed E-state index contributed by atoms with van der Waals surface area (Å²) in [5.74, 6) is -0.0549. The summed E-state index contributed by atoms with van der Waals surface area (Å²) in [6.07, 6.45) is 0. The van der Waals surface area contributed by atoms with E-state index in [2.05, 4.69) is 79.5 Å². The quantitative estimate of drug-likeness (QED) is 0.334. The van der Waals surface area contributed by atoms with Crippen molar-refractivity contribution in [3.8, 4) is 17.0 Å². The Labute approximate surface area is 210 Å². The largest absolute Gasteiger partial charge is 0.507 e. The highest BCUT2D eigenvalue weighted by atomic mass is 35.5. The minimum Gasteiger partial charge on any atom is -0.507 e. The maximum atomic E-state index is 13.6. The molecule has 5 rings (SSSR count). The van der Waals surface area contributed by atoms with E-state index in [9.17, 15) is 9.90 Å². The lowest BCUT2D eigenvalue weighted by Crippen LogP contribution is -2.29. The Kier molecular flexibility index (Phi) is 5.68. The molecule has 4 aromatic rings. The molecule has 0 aliphatic carbocycles. The van der Waals surface area contributed by atoms with Crippen LogP contribution in [0.4, 0.5) is 0 Å². The van der Waals surface area contributed by atoms with E-state index < -0.39 is 0 Å². The van der Waals surface area contributed by atoms with Crippen molar-refractivity contribution in [3.63, 3.8) is 0 Å². The van der Waals surface area contributed by atoms with Crippen molar-refractivity contribution in [1.29, 1.82) is 0 Å². The first kappa shape index (κ1) is 23.2. The van der Waals surface area contributed by atoms with E-state index in [0.717, 1.165) is 16.7 Å². The standard InChI is InChI=1S/C29H28ClN3O2/c1-17-5-7-18(8-6-17)16-33-27(19-9-11-20(12-10-19)29(2,3)4)24-25(31-32-26(24)28(33)35)22-15-21(30)13-14-23(22)34/h5-15,27,34H,16H2,1-4H3,(H,31,32). The van der Waals surface area contributed by atoms with Crippen molar-refractivity contribution < 1.29 is 9.90 Å². The third-order valence-electron chi connectivity index (χ3n) is 6.64. The normalized spacial score (nSPS) is 15.5. The molecule has 1 aliphatic rings. The highest BCUT2D eigenvalue weighted by molar-refractivity contribution is 6.31. The van der Waals surface area contributed by atoms with Crippen LogP contribution in [0.1, 0.15) is 65.1 Å². The zero-order valence-corrected chi connectivity index (χ0v) is 21.0. The van der Waals surface area contributed by atoms with Gasteiger partial charge in [-0.05, 0) is 47.2 Å². The van der Waals surface area contributed by atoms with Crippen molar-refractivity contribution in [2.45, 2.75) is 45.7 Å². The summed E-state index contributed by atoms with van der Waals surface area (Å²) in [5.41, 5.74) is 6.66. The number of aryl methyl sites for hydroxylation is 1. The van der Waals surface area contributed by atoms with Crippen molar-refractivity contribution in [2.75, 3.05) is 0 Å². The van der Waals surface area contributed by atoms with Crippen LogP contribution in [-0.4, -0.2) is 26.1 Å². The summed E-state index contributed by atoms with van der Waals surface area (Å²) in [5, 5.41) is 18.5. The number of aromatic hydroxyl groups is 1. The fourth-order valence-corrected chi connectivity index (χ4v) is 4.84. The van der Waals surface area contributed by atoms with Gasteiger partial charge in [0.2, 0.25) is 0 Å². The summed E-state index contributed by atoms with van der Waals surface area (Å²) in [6, 6.07) is 21.1. The van der Waals surface area contributed by atoms with E-state index >= 15 is 0 Å². The Hall–Kier alpha value is -3.57. The number of amides is 1. The van der Waals surface area contributed by atoms with Gasteiger partial charge in [-0.1, -0.05) is 86.5 Å². The molecule has 0 saturated heterocycles. The third-order valence-corrected chi connectivity index (χ3v) is 6.88. The van der Waals surface area contributed by atoms with Crippen molar-refractivity contribution in [2.24, 2.45) is 0 Å². The van der Waals surface area contributed by atoms with Crippen LogP contribution in [0.2, 0.25) is 5.02 Å². The van der Waals surface area contributed by atoms with Gasteiger partial charge in [0, 0.05) is 22.7 Å². The van der Waals surface area contributed by atoms with E-state index in [0.29, 0.717) is 28.5 Å². The van der Waals surface area contributed by atoms with Gasteiger partial charge in [0.05, 0.1) is 6.04 Å². The highest BCUT2D eigenvalue weighted by Crippen LogP contribution is 2.45. The van der Waals surface area contributed by atoms with Crippen LogP contribution in [0, 0.1) is 6.92 Å². The number of hydrogen-bond donors (Lipinski definition) is 2. The summed E-state index contributed by atoms with van der Waals surface area (Å²) in [7, 11) is 0. The number of benzene rings is 3. The molecule has 1 atom stereocenters. The number of hydrogen-bond acceptors (Lipinski definition) is 3. The molecule has 6 heteroatoms. The number of aromatic amines is 1. The van der Waals surface area contributed by atoms with E-state index in [1.807, 2.05) is 11.8 Å². The number of fused-ring (bicyclic) bond motifs is 1. The lowest BCUT2D eigenvalue weighted by Gasteiger charge is -2.27. The number of carbonyl (C=O) groups excluding carboxylic acids is 1. The zero-order chi connectivity index (χ0) is 24.9. The molecule has 178 valence electrons. The Balaban J connectivity index is 1.65. The molecule has 0 radical (unpaired) electrons. The maximum absolute atomic E-state index is 13.6. The summed E-state index contributed by atoms with van der Waals surface area (Å²) >= 11 is 6.25. The Morgan fingerprint density at radius 3 is 2.37 bits per heavy atom. The number of aromatic nitrogens is 2. The number of phenolic OH excluding ortho intramolecular Hbond substituents is 1. The summed E-state index contributed by atoms with van der Waals surface area (Å²) in [6.45, 7) is 9.04. The zero-order valence-electron chi connectivity index (χ0n) is 20.3. The van der Waals surface area contributed by atoms with Gasteiger partial charge in [0.25, 0.3) is 5.91 Å². The molecule has 1 aromatic heterocycles. The molecule has 35 heavy (non-hydrogen) atoms. The second-order valence-corrected chi connectivity index (χ2v) is 10.7. The fourth-order valence-electron chi connectivity index (χ4n) is 4.67. The number of halogens is 1. The van der Waals surface area contributed by atoms with Crippen LogP contribution >= 0.6 is 11.6 Å². The predicted molar refractivity (Wildman–Crippen MR) is 139 cm³/mol. The van der Waals surface area contributed by atoms with Gasteiger partial charge < -0.3 is 10.0 Å². The average molecular weight is 486 g/mol. The third kappa shape index (κ3) is 4.21. The van der Waals surface area contributed by atoms with E-state index in [1.54, 1.807) is 18.2 Å².